The van der Waals surface area contributed by atoms with Crippen molar-refractivity contribution >= 4 is 35.0 Å². The zero-order chi connectivity index (χ0) is 27.4. The van der Waals surface area contributed by atoms with Crippen molar-refractivity contribution in [3.05, 3.63) is 65.9 Å². The number of amides is 4. The predicted octanol–water partition coefficient (Wildman–Crippen LogP) is 2.48. The van der Waals surface area contributed by atoms with E-state index in [9.17, 15) is 14.4 Å². The third kappa shape index (κ3) is 4.70. The molecule has 0 unspecified atom stereocenters. The average molecular weight is 540 g/mol. The summed E-state index contributed by atoms with van der Waals surface area (Å²) < 4.78 is 7.74. The third-order valence-electron chi connectivity index (χ3n) is 7.27. The zero-order valence-electron chi connectivity index (χ0n) is 21.6. The fourth-order valence-corrected chi connectivity index (χ4v) is 4.97. The molecule has 13 heteroatoms. The molecule has 4 aromatic rings. The Labute approximate surface area is 228 Å². The summed E-state index contributed by atoms with van der Waals surface area (Å²) in [7, 11) is 0. The van der Waals surface area contributed by atoms with Crippen LogP contribution >= 0.6 is 0 Å². The average Bonchev–Trinajstić information content (AvgIpc) is 3.86. The van der Waals surface area contributed by atoms with E-state index in [0.717, 1.165) is 24.1 Å². The first-order chi connectivity index (χ1) is 19.4. The summed E-state index contributed by atoms with van der Waals surface area (Å²) in [6.45, 7) is 1.96. The van der Waals surface area contributed by atoms with Crippen LogP contribution in [0.3, 0.4) is 0 Å². The second-order valence-electron chi connectivity index (χ2n) is 10.4. The molecule has 0 aromatic carbocycles. The van der Waals surface area contributed by atoms with Crippen LogP contribution in [0.4, 0.5) is 16.3 Å². The van der Waals surface area contributed by atoms with Gasteiger partial charge >= 0.3 is 6.03 Å². The van der Waals surface area contributed by atoms with Crippen molar-refractivity contribution in [1.82, 2.24) is 34.6 Å². The van der Waals surface area contributed by atoms with Gasteiger partial charge in [0.2, 0.25) is 17.7 Å². The van der Waals surface area contributed by atoms with E-state index in [4.69, 9.17) is 4.74 Å². The highest BCUT2D eigenvalue weighted by Crippen LogP contribution is 2.46. The van der Waals surface area contributed by atoms with Crippen LogP contribution in [-0.4, -0.2) is 53.7 Å². The number of anilines is 2. The van der Waals surface area contributed by atoms with E-state index in [-0.39, 0.29) is 42.7 Å². The van der Waals surface area contributed by atoms with Crippen molar-refractivity contribution in [2.75, 3.05) is 16.8 Å². The molecule has 2 aliphatic carbocycles. The number of nitrogens with one attached hydrogen (secondary N) is 2. The zero-order valence-corrected chi connectivity index (χ0v) is 21.6. The molecule has 4 aromatic heterocycles. The maximum absolute atomic E-state index is 12.8. The number of nitrogens with zero attached hydrogens (tertiary/aromatic N) is 7. The van der Waals surface area contributed by atoms with E-state index in [1.807, 2.05) is 35.9 Å². The Kier molecular flexibility index (Phi) is 5.65. The number of fused-ring (bicyclic) bond motifs is 1. The minimum atomic E-state index is -0.458. The van der Waals surface area contributed by atoms with Gasteiger partial charge < -0.3 is 14.5 Å². The number of imide groups is 1. The van der Waals surface area contributed by atoms with Gasteiger partial charge in [0, 0.05) is 42.2 Å². The van der Waals surface area contributed by atoms with Gasteiger partial charge in [0.15, 0.2) is 5.65 Å². The monoisotopic (exact) mass is 539 g/mol. The summed E-state index contributed by atoms with van der Waals surface area (Å²) in [4.78, 5) is 60.1. The fraction of sp³-hybridized carbons (Fsp3) is 0.333. The summed E-state index contributed by atoms with van der Waals surface area (Å²) in [6, 6.07) is 4.87. The summed E-state index contributed by atoms with van der Waals surface area (Å²) >= 11 is 0. The topological polar surface area (TPSA) is 157 Å². The molecule has 40 heavy (non-hydrogen) atoms. The van der Waals surface area contributed by atoms with Crippen LogP contribution in [0.5, 0.6) is 5.88 Å². The first kappa shape index (κ1) is 24.1. The molecular formula is C27H25N9O4. The number of ether oxygens (including phenoxy) is 1. The second-order valence-corrected chi connectivity index (χ2v) is 10.4. The molecule has 2 N–H and O–H groups in total. The Balaban J connectivity index is 1.04. The van der Waals surface area contributed by atoms with Crippen LogP contribution in [0.2, 0.25) is 0 Å². The van der Waals surface area contributed by atoms with Crippen molar-refractivity contribution in [2.45, 2.75) is 44.6 Å². The molecule has 1 aliphatic heterocycles. The number of aromatic nitrogens is 6. The second kappa shape index (κ2) is 9.36. The van der Waals surface area contributed by atoms with Crippen molar-refractivity contribution in [2.24, 2.45) is 5.92 Å². The molecule has 4 amide bonds. The number of rotatable bonds is 8. The van der Waals surface area contributed by atoms with E-state index < -0.39 is 6.03 Å². The van der Waals surface area contributed by atoms with Gasteiger partial charge in [-0.25, -0.2) is 29.7 Å². The quantitative estimate of drug-likeness (QED) is 0.321. The Bertz CT molecular complexity index is 1680. The molecule has 2 saturated carbocycles. The minimum Gasteiger partial charge on any atom is -0.471 e. The van der Waals surface area contributed by atoms with E-state index >= 15 is 0 Å². The molecule has 13 nitrogen and oxygen atoms in total. The van der Waals surface area contributed by atoms with Crippen LogP contribution in [0.15, 0.2) is 43.1 Å². The highest BCUT2D eigenvalue weighted by Gasteiger charge is 2.46. The lowest BCUT2D eigenvalue weighted by molar-refractivity contribution is -0.118. The Morgan fingerprint density at radius 3 is 2.80 bits per heavy atom. The number of carbonyl (C=O) groups excluding carboxylic acids is 3. The number of pyridine rings is 1. The Hall–Kier alpha value is -4.94. The molecule has 5 heterocycles. The first-order valence-electron chi connectivity index (χ1n) is 13.1. The highest BCUT2D eigenvalue weighted by molar-refractivity contribution is 6.13. The molecule has 3 aliphatic rings. The number of aryl methyl sites for hydroxylation is 1. The van der Waals surface area contributed by atoms with Gasteiger partial charge in [0.05, 0.1) is 11.4 Å². The van der Waals surface area contributed by atoms with Crippen LogP contribution < -0.4 is 20.3 Å². The maximum atomic E-state index is 12.8. The van der Waals surface area contributed by atoms with Crippen molar-refractivity contribution in [1.29, 1.82) is 0 Å². The normalized spacial score (nSPS) is 20.1. The fourth-order valence-electron chi connectivity index (χ4n) is 4.97. The molecule has 202 valence electrons. The molecule has 1 saturated heterocycles. The molecular weight excluding hydrogens is 514 g/mol. The summed E-state index contributed by atoms with van der Waals surface area (Å²) in [5.41, 5.74) is 3.72. The number of hydrogen-bond acceptors (Lipinski definition) is 9. The number of urea groups is 1. The third-order valence-corrected chi connectivity index (χ3v) is 7.27. The van der Waals surface area contributed by atoms with E-state index in [1.165, 1.54) is 11.2 Å². The molecule has 0 bridgehead atoms. The number of carbonyl (C=O) groups is 3. The van der Waals surface area contributed by atoms with E-state index in [2.05, 4.69) is 35.6 Å². The van der Waals surface area contributed by atoms with Gasteiger partial charge in [0.25, 0.3) is 0 Å². The van der Waals surface area contributed by atoms with Crippen LogP contribution in [0, 0.1) is 12.8 Å². The van der Waals surface area contributed by atoms with Gasteiger partial charge in [-0.05, 0) is 49.8 Å². The van der Waals surface area contributed by atoms with Crippen LogP contribution in [0.25, 0.3) is 5.65 Å². The predicted molar refractivity (Wildman–Crippen MR) is 141 cm³/mol. The summed E-state index contributed by atoms with van der Waals surface area (Å²) in [5, 5.41) is 5.16. The Morgan fingerprint density at radius 1 is 1.15 bits per heavy atom. The largest absolute Gasteiger partial charge is 0.471 e. The molecule has 2 atom stereocenters. The highest BCUT2D eigenvalue weighted by atomic mass is 16.5. The van der Waals surface area contributed by atoms with E-state index in [0.29, 0.717) is 41.0 Å². The van der Waals surface area contributed by atoms with Crippen molar-refractivity contribution in [3.63, 3.8) is 0 Å². The van der Waals surface area contributed by atoms with E-state index in [1.54, 1.807) is 12.3 Å². The maximum Gasteiger partial charge on any atom is 0.329 e. The summed E-state index contributed by atoms with van der Waals surface area (Å²) in [6.07, 6.45) is 9.75. The molecule has 7 rings (SSSR count). The number of imidazole rings is 1. The van der Waals surface area contributed by atoms with Gasteiger partial charge in [0.1, 0.15) is 31.1 Å². The van der Waals surface area contributed by atoms with Gasteiger partial charge in [-0.15, -0.1) is 0 Å². The summed E-state index contributed by atoms with van der Waals surface area (Å²) in [5.74, 6) is 1.04. The SMILES string of the molecule is Cc1ccnc([C@H]2C[C@@H]2C(=O)Nc2cc(OCc3cn4cc(C5CC5)cc(N5CC(=O)NC5=O)c4n3)ncn2)n1. The van der Waals surface area contributed by atoms with Crippen molar-refractivity contribution in [3.8, 4) is 5.88 Å². The standard InChI is InChI=1S/C27H25N9O4/c1-14-4-5-28-24(31-14)18-7-19(18)26(38)33-21-8-23(30-13-29-21)40-12-17-10-35-9-16(15-2-3-15)6-20(25(35)32-17)36-11-22(37)34-27(36)39/h4-6,8-10,13,15,18-19H,2-3,7,11-12H2,1H3,(H,34,37,39)(H,29,30,33,38)/t18-,19-/m0/s1. The first-order valence-corrected chi connectivity index (χ1v) is 13.1. The van der Waals surface area contributed by atoms with Gasteiger partial charge in [-0.1, -0.05) is 0 Å². The molecule has 0 spiro atoms. The van der Waals surface area contributed by atoms with Crippen LogP contribution in [-0.2, 0) is 16.2 Å². The molecule has 3 fully saturated rings. The van der Waals surface area contributed by atoms with Crippen LogP contribution in [0.1, 0.15) is 53.9 Å². The smallest absolute Gasteiger partial charge is 0.329 e. The Morgan fingerprint density at radius 2 is 2.02 bits per heavy atom. The lowest BCUT2D eigenvalue weighted by Gasteiger charge is -2.15. The minimum absolute atomic E-state index is 0.00239. The lowest BCUT2D eigenvalue weighted by Crippen LogP contribution is -2.28. The lowest BCUT2D eigenvalue weighted by atomic mass is 10.1. The van der Waals surface area contributed by atoms with Gasteiger partial charge in [-0.3, -0.25) is 19.8 Å². The van der Waals surface area contributed by atoms with Crippen molar-refractivity contribution < 1.29 is 19.1 Å². The number of hydrogen-bond donors (Lipinski definition) is 2. The van der Waals surface area contributed by atoms with Gasteiger partial charge in [-0.2, -0.15) is 0 Å². The molecule has 0 radical (unpaired) electrons.